The third kappa shape index (κ3) is 2.21. The molecule has 1 N–H and O–H groups in total. The summed E-state index contributed by atoms with van der Waals surface area (Å²) < 4.78 is 2.99. The number of aromatic amines is 1. The van der Waals surface area contributed by atoms with Crippen molar-refractivity contribution in [3.63, 3.8) is 0 Å². The summed E-state index contributed by atoms with van der Waals surface area (Å²) in [6.07, 6.45) is 11.0. The monoisotopic (exact) mass is 196 g/mol. The minimum Gasteiger partial charge on any atom is -0.337 e. The highest BCUT2D eigenvalue weighted by molar-refractivity contribution is 7.71. The van der Waals surface area contributed by atoms with Crippen LogP contribution < -0.4 is 0 Å². The lowest BCUT2D eigenvalue weighted by atomic mass is 10.0. The Bertz CT molecular complexity index is 307. The average molecular weight is 196 g/mol. The van der Waals surface area contributed by atoms with Crippen LogP contribution >= 0.6 is 12.2 Å². The van der Waals surface area contributed by atoms with Gasteiger partial charge in [0.15, 0.2) is 4.77 Å². The molecule has 0 aromatic carbocycles. The van der Waals surface area contributed by atoms with Crippen LogP contribution in [-0.2, 0) is 6.54 Å². The second-order valence-corrected chi connectivity index (χ2v) is 4.28. The van der Waals surface area contributed by atoms with Gasteiger partial charge >= 0.3 is 0 Å². The Morgan fingerprint density at radius 1 is 1.46 bits per heavy atom. The smallest absolute Gasteiger partial charge is 0.177 e. The quantitative estimate of drug-likeness (QED) is 0.737. The molecule has 1 aromatic rings. The van der Waals surface area contributed by atoms with Gasteiger partial charge < -0.3 is 9.55 Å². The molecule has 0 saturated heterocycles. The van der Waals surface area contributed by atoms with Crippen molar-refractivity contribution < 1.29 is 0 Å². The van der Waals surface area contributed by atoms with Crippen molar-refractivity contribution in [2.24, 2.45) is 5.92 Å². The Morgan fingerprint density at radius 3 is 2.85 bits per heavy atom. The van der Waals surface area contributed by atoms with E-state index in [-0.39, 0.29) is 0 Å². The maximum absolute atomic E-state index is 5.13. The van der Waals surface area contributed by atoms with Gasteiger partial charge in [-0.15, -0.1) is 0 Å². The zero-order valence-corrected chi connectivity index (χ0v) is 8.65. The molecular formula is C10H16N2S. The summed E-state index contributed by atoms with van der Waals surface area (Å²) in [4.78, 5) is 3.02. The number of hydrogen-bond acceptors (Lipinski definition) is 1. The molecule has 2 rings (SSSR count). The molecule has 1 aliphatic carbocycles. The molecule has 2 nitrogen and oxygen atoms in total. The molecule has 1 fully saturated rings. The Kier molecular flexibility index (Phi) is 2.83. The topological polar surface area (TPSA) is 20.7 Å². The van der Waals surface area contributed by atoms with Crippen molar-refractivity contribution in [1.82, 2.24) is 9.55 Å². The van der Waals surface area contributed by atoms with Gasteiger partial charge in [0.05, 0.1) is 0 Å². The number of aryl methyl sites for hydroxylation is 1. The maximum atomic E-state index is 5.13. The second kappa shape index (κ2) is 4.09. The first-order chi connectivity index (χ1) is 6.36. The summed E-state index contributed by atoms with van der Waals surface area (Å²) in [5, 5.41) is 0. The molecule has 1 saturated carbocycles. The molecule has 0 atom stereocenters. The number of nitrogens with one attached hydrogen (secondary N) is 1. The highest BCUT2D eigenvalue weighted by Gasteiger charge is 2.14. The average Bonchev–Trinajstić information content (AvgIpc) is 2.72. The standard InChI is InChI=1S/C10H16N2S/c13-10-11-6-8-12(10)7-5-9-3-1-2-4-9/h6,8-9H,1-5,7H2,(H,11,13). The van der Waals surface area contributed by atoms with E-state index in [9.17, 15) is 0 Å². The molecule has 0 spiro atoms. The fraction of sp³-hybridized carbons (Fsp3) is 0.700. The third-order valence-corrected chi connectivity index (χ3v) is 3.33. The van der Waals surface area contributed by atoms with Gasteiger partial charge in [0.1, 0.15) is 0 Å². The van der Waals surface area contributed by atoms with E-state index in [4.69, 9.17) is 12.2 Å². The summed E-state index contributed by atoms with van der Waals surface area (Å²) in [6.45, 7) is 1.09. The van der Waals surface area contributed by atoms with Gasteiger partial charge in [-0.25, -0.2) is 0 Å². The number of hydrogen-bond donors (Lipinski definition) is 1. The lowest BCUT2D eigenvalue weighted by Gasteiger charge is -2.08. The Morgan fingerprint density at radius 2 is 2.23 bits per heavy atom. The van der Waals surface area contributed by atoms with Gasteiger partial charge in [-0.3, -0.25) is 0 Å². The van der Waals surface area contributed by atoms with Crippen molar-refractivity contribution in [1.29, 1.82) is 0 Å². The second-order valence-electron chi connectivity index (χ2n) is 3.90. The van der Waals surface area contributed by atoms with Crippen LogP contribution in [0.25, 0.3) is 0 Å². The van der Waals surface area contributed by atoms with Crippen molar-refractivity contribution in [2.45, 2.75) is 38.6 Å². The van der Waals surface area contributed by atoms with Crippen LogP contribution in [0.15, 0.2) is 12.4 Å². The van der Waals surface area contributed by atoms with E-state index in [1.807, 2.05) is 12.4 Å². The molecule has 0 bridgehead atoms. The Labute approximate surface area is 84.0 Å². The molecule has 1 aromatic heterocycles. The molecule has 13 heavy (non-hydrogen) atoms. The van der Waals surface area contributed by atoms with E-state index in [1.54, 1.807) is 0 Å². The van der Waals surface area contributed by atoms with Gasteiger partial charge in [-0.1, -0.05) is 25.7 Å². The molecular weight excluding hydrogens is 180 g/mol. The van der Waals surface area contributed by atoms with Crippen LogP contribution in [-0.4, -0.2) is 9.55 Å². The first-order valence-corrected chi connectivity index (χ1v) is 5.51. The predicted octanol–water partition coefficient (Wildman–Crippen LogP) is 3.13. The first kappa shape index (κ1) is 9.00. The maximum Gasteiger partial charge on any atom is 0.177 e. The normalized spacial score (nSPS) is 18.2. The van der Waals surface area contributed by atoms with E-state index in [2.05, 4.69) is 9.55 Å². The molecule has 0 unspecified atom stereocenters. The molecule has 0 radical (unpaired) electrons. The zero-order valence-electron chi connectivity index (χ0n) is 7.83. The van der Waals surface area contributed by atoms with E-state index >= 15 is 0 Å². The van der Waals surface area contributed by atoms with Gasteiger partial charge in [-0.05, 0) is 24.6 Å². The van der Waals surface area contributed by atoms with Crippen molar-refractivity contribution in [3.8, 4) is 0 Å². The van der Waals surface area contributed by atoms with Gasteiger partial charge in [0, 0.05) is 18.9 Å². The highest BCUT2D eigenvalue weighted by Crippen LogP contribution is 2.27. The minimum atomic E-state index is 0.859. The lowest BCUT2D eigenvalue weighted by Crippen LogP contribution is -2.02. The molecule has 3 heteroatoms. The summed E-state index contributed by atoms with van der Waals surface area (Å²) in [7, 11) is 0. The largest absolute Gasteiger partial charge is 0.337 e. The van der Waals surface area contributed by atoms with Crippen LogP contribution in [0.2, 0.25) is 0 Å². The highest BCUT2D eigenvalue weighted by atomic mass is 32.1. The number of aromatic nitrogens is 2. The minimum absolute atomic E-state index is 0.859. The number of imidazole rings is 1. The van der Waals surface area contributed by atoms with E-state index < -0.39 is 0 Å². The SMILES string of the molecule is S=c1[nH]ccn1CCC1CCCC1. The van der Waals surface area contributed by atoms with Crippen LogP contribution in [0.3, 0.4) is 0 Å². The van der Waals surface area contributed by atoms with Gasteiger partial charge in [0.25, 0.3) is 0 Å². The van der Waals surface area contributed by atoms with Crippen LogP contribution in [0.4, 0.5) is 0 Å². The van der Waals surface area contributed by atoms with Crippen molar-refractivity contribution in [3.05, 3.63) is 17.2 Å². The van der Waals surface area contributed by atoms with Crippen molar-refractivity contribution in [2.75, 3.05) is 0 Å². The van der Waals surface area contributed by atoms with Crippen molar-refractivity contribution >= 4 is 12.2 Å². The van der Waals surface area contributed by atoms with E-state index in [1.165, 1.54) is 32.1 Å². The third-order valence-electron chi connectivity index (χ3n) is 2.98. The Hall–Kier alpha value is -0.570. The lowest BCUT2D eigenvalue weighted by molar-refractivity contribution is 0.456. The van der Waals surface area contributed by atoms with Crippen LogP contribution in [0.5, 0.6) is 0 Å². The summed E-state index contributed by atoms with van der Waals surface area (Å²) in [5.74, 6) is 0.955. The zero-order chi connectivity index (χ0) is 9.10. The molecule has 0 amide bonds. The fourth-order valence-corrected chi connectivity index (χ4v) is 2.37. The summed E-state index contributed by atoms with van der Waals surface area (Å²) in [5.41, 5.74) is 0. The van der Waals surface area contributed by atoms with Gasteiger partial charge in [-0.2, -0.15) is 0 Å². The van der Waals surface area contributed by atoms with E-state index in [0.29, 0.717) is 0 Å². The molecule has 1 heterocycles. The molecule has 0 aliphatic heterocycles. The fourth-order valence-electron chi connectivity index (χ4n) is 2.15. The number of rotatable bonds is 3. The number of nitrogens with zero attached hydrogens (tertiary/aromatic N) is 1. The summed E-state index contributed by atoms with van der Waals surface area (Å²) in [6, 6.07) is 0. The summed E-state index contributed by atoms with van der Waals surface area (Å²) >= 11 is 5.13. The number of H-pyrrole nitrogens is 1. The molecule has 72 valence electrons. The van der Waals surface area contributed by atoms with Crippen LogP contribution in [0.1, 0.15) is 32.1 Å². The van der Waals surface area contributed by atoms with Gasteiger partial charge in [0.2, 0.25) is 0 Å². The van der Waals surface area contributed by atoms with E-state index in [0.717, 1.165) is 17.2 Å². The van der Waals surface area contributed by atoms with Crippen LogP contribution in [0, 0.1) is 10.7 Å². The molecule has 1 aliphatic rings. The predicted molar refractivity (Wildman–Crippen MR) is 56.2 cm³/mol. The first-order valence-electron chi connectivity index (χ1n) is 5.10. The Balaban J connectivity index is 1.85.